The van der Waals surface area contributed by atoms with Crippen molar-refractivity contribution in [3.05, 3.63) is 81.9 Å². The molecule has 1 heterocycles. The van der Waals surface area contributed by atoms with Crippen molar-refractivity contribution in [2.24, 2.45) is 5.16 Å². The average Bonchev–Trinajstić information content (AvgIpc) is 3.08. The van der Waals surface area contributed by atoms with E-state index in [9.17, 15) is 9.59 Å². The van der Waals surface area contributed by atoms with Crippen LogP contribution in [0.4, 0.5) is 0 Å². The van der Waals surface area contributed by atoms with Gasteiger partial charge < -0.3 is 9.40 Å². The van der Waals surface area contributed by atoms with E-state index in [0.29, 0.717) is 5.71 Å². The van der Waals surface area contributed by atoms with Crippen molar-refractivity contribution in [3.63, 3.8) is 0 Å². The van der Waals surface area contributed by atoms with Crippen molar-refractivity contribution in [3.8, 4) is 0 Å². The molecule has 0 aliphatic heterocycles. The second-order valence-electron chi connectivity index (χ2n) is 8.38. The standard InChI is InChI=1S/C27H24N2O3/c1-5-29-24-10-9-18(16(3)28-32-17(4)30)12-22(24)23-14-21-20(13-25(23)29)11-19-8-6-7-15(2)26(19)27(21)31/h6-10,12-14H,5,11H2,1-4H3. The van der Waals surface area contributed by atoms with Crippen LogP contribution in [-0.4, -0.2) is 22.0 Å². The van der Waals surface area contributed by atoms with Crippen molar-refractivity contribution in [2.75, 3.05) is 0 Å². The molecule has 5 rings (SSSR count). The first-order chi connectivity index (χ1) is 15.4. The molecule has 4 aromatic rings. The first kappa shape index (κ1) is 20.2. The minimum absolute atomic E-state index is 0.0994. The molecule has 0 saturated carbocycles. The van der Waals surface area contributed by atoms with Gasteiger partial charge in [0.15, 0.2) is 5.78 Å². The van der Waals surface area contributed by atoms with Crippen LogP contribution >= 0.6 is 0 Å². The number of carbonyl (C=O) groups is 2. The summed E-state index contributed by atoms with van der Waals surface area (Å²) in [7, 11) is 0. The number of benzene rings is 3. The summed E-state index contributed by atoms with van der Waals surface area (Å²) in [6.07, 6.45) is 0.763. The Kier molecular flexibility index (Phi) is 4.70. The van der Waals surface area contributed by atoms with E-state index in [1.165, 1.54) is 6.92 Å². The molecule has 1 aliphatic rings. The molecule has 5 heteroatoms. The van der Waals surface area contributed by atoms with E-state index in [1.807, 2.05) is 32.0 Å². The highest BCUT2D eigenvalue weighted by Crippen LogP contribution is 2.36. The van der Waals surface area contributed by atoms with Gasteiger partial charge in [0.05, 0.1) is 5.71 Å². The van der Waals surface area contributed by atoms with Gasteiger partial charge in [-0.15, -0.1) is 0 Å². The zero-order valence-corrected chi connectivity index (χ0v) is 18.7. The predicted octanol–water partition coefficient (Wildman–Crippen LogP) is 5.55. The van der Waals surface area contributed by atoms with Gasteiger partial charge >= 0.3 is 5.97 Å². The van der Waals surface area contributed by atoms with E-state index in [4.69, 9.17) is 4.84 Å². The lowest BCUT2D eigenvalue weighted by atomic mass is 9.82. The third-order valence-electron chi connectivity index (χ3n) is 6.35. The lowest BCUT2D eigenvalue weighted by Gasteiger charge is -2.20. The molecule has 0 spiro atoms. The zero-order valence-electron chi connectivity index (χ0n) is 18.7. The number of ketones is 1. The Morgan fingerprint density at radius 3 is 2.56 bits per heavy atom. The van der Waals surface area contributed by atoms with Crippen LogP contribution in [0, 0.1) is 6.92 Å². The van der Waals surface area contributed by atoms with Crippen LogP contribution in [0.15, 0.2) is 53.7 Å². The van der Waals surface area contributed by atoms with Gasteiger partial charge in [0.2, 0.25) is 0 Å². The molecule has 0 atom stereocenters. The molecule has 32 heavy (non-hydrogen) atoms. The molecular formula is C27H24N2O3. The molecule has 0 saturated heterocycles. The Balaban J connectivity index is 1.74. The largest absolute Gasteiger partial charge is 0.341 e. The van der Waals surface area contributed by atoms with Gasteiger partial charge in [0.25, 0.3) is 0 Å². The van der Waals surface area contributed by atoms with Gasteiger partial charge in [-0.25, -0.2) is 4.79 Å². The fourth-order valence-electron chi connectivity index (χ4n) is 4.84. The number of hydrogen-bond donors (Lipinski definition) is 0. The van der Waals surface area contributed by atoms with Crippen molar-refractivity contribution < 1.29 is 14.4 Å². The number of hydrogen-bond acceptors (Lipinski definition) is 4. The third-order valence-corrected chi connectivity index (χ3v) is 6.35. The summed E-state index contributed by atoms with van der Waals surface area (Å²) < 4.78 is 2.28. The van der Waals surface area contributed by atoms with Gasteiger partial charge in [0, 0.05) is 46.4 Å². The fraction of sp³-hybridized carbons (Fsp3) is 0.222. The summed E-state index contributed by atoms with van der Waals surface area (Å²) in [6, 6.07) is 16.4. The minimum Gasteiger partial charge on any atom is -0.341 e. The fourth-order valence-corrected chi connectivity index (χ4v) is 4.84. The highest BCUT2D eigenvalue weighted by Gasteiger charge is 2.26. The zero-order chi connectivity index (χ0) is 22.6. The average molecular weight is 425 g/mol. The Morgan fingerprint density at radius 2 is 1.81 bits per heavy atom. The first-order valence-electron chi connectivity index (χ1n) is 10.8. The Hall–Kier alpha value is -3.73. The van der Waals surface area contributed by atoms with Gasteiger partial charge in [-0.05, 0) is 73.7 Å². The molecular weight excluding hydrogens is 400 g/mol. The van der Waals surface area contributed by atoms with Crippen LogP contribution in [0.5, 0.6) is 0 Å². The Morgan fingerprint density at radius 1 is 1.03 bits per heavy atom. The second-order valence-corrected chi connectivity index (χ2v) is 8.38. The molecule has 0 amide bonds. The van der Waals surface area contributed by atoms with Gasteiger partial charge in [-0.3, -0.25) is 4.79 Å². The van der Waals surface area contributed by atoms with E-state index >= 15 is 0 Å². The van der Waals surface area contributed by atoms with Crippen molar-refractivity contribution in [2.45, 2.75) is 40.7 Å². The molecule has 0 unspecified atom stereocenters. The highest BCUT2D eigenvalue weighted by molar-refractivity contribution is 6.18. The van der Waals surface area contributed by atoms with Crippen molar-refractivity contribution in [1.29, 1.82) is 0 Å². The summed E-state index contributed by atoms with van der Waals surface area (Å²) in [5.41, 5.74) is 8.54. The molecule has 5 nitrogen and oxygen atoms in total. The summed E-state index contributed by atoms with van der Waals surface area (Å²) in [4.78, 5) is 29.4. The minimum atomic E-state index is -0.450. The molecule has 3 aromatic carbocycles. The summed E-state index contributed by atoms with van der Waals surface area (Å²) in [5, 5.41) is 6.04. The van der Waals surface area contributed by atoms with Gasteiger partial charge in [0.1, 0.15) is 0 Å². The number of fused-ring (bicyclic) bond motifs is 5. The number of nitrogens with zero attached hydrogens (tertiary/aromatic N) is 2. The molecule has 0 bridgehead atoms. The summed E-state index contributed by atoms with van der Waals surface area (Å²) in [6.45, 7) is 8.09. The second kappa shape index (κ2) is 7.45. The van der Waals surface area contributed by atoms with E-state index in [-0.39, 0.29) is 5.78 Å². The van der Waals surface area contributed by atoms with E-state index in [0.717, 1.165) is 68.2 Å². The quantitative estimate of drug-likeness (QED) is 0.217. The van der Waals surface area contributed by atoms with Crippen molar-refractivity contribution in [1.82, 2.24) is 4.57 Å². The van der Waals surface area contributed by atoms with E-state index < -0.39 is 5.97 Å². The first-order valence-corrected chi connectivity index (χ1v) is 10.8. The van der Waals surface area contributed by atoms with E-state index in [1.54, 1.807) is 0 Å². The van der Waals surface area contributed by atoms with Crippen LogP contribution in [-0.2, 0) is 22.6 Å². The maximum atomic E-state index is 13.4. The smallest absolute Gasteiger partial charge is 0.331 e. The van der Waals surface area contributed by atoms with Crippen LogP contribution in [0.2, 0.25) is 0 Å². The summed E-state index contributed by atoms with van der Waals surface area (Å²) in [5.74, 6) is -0.351. The van der Waals surface area contributed by atoms with Gasteiger partial charge in [-0.2, -0.15) is 0 Å². The molecule has 0 radical (unpaired) electrons. The molecule has 0 fully saturated rings. The maximum Gasteiger partial charge on any atom is 0.331 e. The highest BCUT2D eigenvalue weighted by atomic mass is 16.7. The predicted molar refractivity (Wildman–Crippen MR) is 127 cm³/mol. The van der Waals surface area contributed by atoms with Crippen LogP contribution in [0.3, 0.4) is 0 Å². The number of oxime groups is 1. The Bertz CT molecular complexity index is 1470. The number of rotatable bonds is 3. The number of aryl methyl sites for hydroxylation is 2. The lowest BCUT2D eigenvalue weighted by Crippen LogP contribution is -2.16. The Labute approximate surface area is 186 Å². The van der Waals surface area contributed by atoms with Crippen LogP contribution in [0.25, 0.3) is 21.8 Å². The molecule has 0 N–H and O–H groups in total. The van der Waals surface area contributed by atoms with Gasteiger partial charge in [-0.1, -0.05) is 29.4 Å². The molecule has 1 aromatic heterocycles. The number of carbonyl (C=O) groups excluding carboxylic acids is 2. The summed E-state index contributed by atoms with van der Waals surface area (Å²) >= 11 is 0. The van der Waals surface area contributed by atoms with E-state index in [2.05, 4.69) is 47.0 Å². The maximum absolute atomic E-state index is 13.4. The van der Waals surface area contributed by atoms with Crippen molar-refractivity contribution >= 4 is 39.3 Å². The topological polar surface area (TPSA) is 60.7 Å². The third kappa shape index (κ3) is 3.04. The van der Waals surface area contributed by atoms with Crippen LogP contribution in [0.1, 0.15) is 58.9 Å². The van der Waals surface area contributed by atoms with Crippen LogP contribution < -0.4 is 0 Å². The molecule has 160 valence electrons. The monoisotopic (exact) mass is 424 g/mol. The molecule has 1 aliphatic carbocycles. The number of aromatic nitrogens is 1. The SMILES string of the molecule is CCn1c2ccc(C(C)=NOC(C)=O)cc2c2cc3c(cc21)Cc1cccc(C)c1C3=O. The lowest BCUT2D eigenvalue weighted by molar-refractivity contribution is -0.140. The normalized spacial score (nSPS) is 13.4.